The van der Waals surface area contributed by atoms with Gasteiger partial charge in [0.15, 0.2) is 0 Å². The molecule has 0 saturated carbocycles. The number of hydrogen-bond acceptors (Lipinski definition) is 6. The van der Waals surface area contributed by atoms with E-state index in [1.54, 1.807) is 12.1 Å². The van der Waals surface area contributed by atoms with E-state index in [2.05, 4.69) is 21.9 Å². The molecule has 3 aromatic carbocycles. The van der Waals surface area contributed by atoms with Crippen LogP contribution in [0.3, 0.4) is 0 Å². The SMILES string of the molecule is O=C(O)c1ccc(N2Cc3cc4c(cc3C2)CN(c2ccc(C(=O)O)c(O)c2)C4)cc1O. The van der Waals surface area contributed by atoms with E-state index in [1.165, 1.54) is 46.5 Å². The number of rotatable bonds is 4. The Hall–Kier alpha value is -4.20. The minimum absolute atomic E-state index is 0.119. The topological polar surface area (TPSA) is 122 Å². The molecule has 5 rings (SSSR count). The first kappa shape index (κ1) is 19.7. The summed E-state index contributed by atoms with van der Waals surface area (Å²) in [5, 5.41) is 38.2. The predicted molar refractivity (Wildman–Crippen MR) is 116 cm³/mol. The normalized spacial score (nSPS) is 14.4. The van der Waals surface area contributed by atoms with Gasteiger partial charge in [-0.3, -0.25) is 0 Å². The number of nitrogens with zero attached hydrogens (tertiary/aromatic N) is 2. The molecule has 0 saturated heterocycles. The van der Waals surface area contributed by atoms with Crippen LogP contribution in [0.1, 0.15) is 43.0 Å². The molecule has 0 unspecified atom stereocenters. The number of aromatic carboxylic acids is 2. The van der Waals surface area contributed by atoms with Crippen molar-refractivity contribution in [2.45, 2.75) is 26.2 Å². The van der Waals surface area contributed by atoms with Crippen LogP contribution in [-0.4, -0.2) is 32.4 Å². The summed E-state index contributed by atoms with van der Waals surface area (Å²) in [4.78, 5) is 26.4. The van der Waals surface area contributed by atoms with Crippen molar-refractivity contribution >= 4 is 23.3 Å². The van der Waals surface area contributed by atoms with Gasteiger partial charge in [0.25, 0.3) is 0 Å². The molecule has 0 amide bonds. The second kappa shape index (κ2) is 7.19. The number of aromatic hydroxyl groups is 2. The zero-order valence-corrected chi connectivity index (χ0v) is 16.9. The summed E-state index contributed by atoms with van der Waals surface area (Å²) in [7, 11) is 0. The monoisotopic (exact) mass is 432 g/mol. The lowest BCUT2D eigenvalue weighted by Crippen LogP contribution is -2.15. The molecule has 0 spiro atoms. The highest BCUT2D eigenvalue weighted by molar-refractivity contribution is 5.92. The van der Waals surface area contributed by atoms with Gasteiger partial charge in [0.1, 0.15) is 22.6 Å². The van der Waals surface area contributed by atoms with Crippen molar-refractivity contribution < 1.29 is 30.0 Å². The van der Waals surface area contributed by atoms with Crippen molar-refractivity contribution in [2.75, 3.05) is 9.80 Å². The summed E-state index contributed by atoms with van der Waals surface area (Å²) in [6.45, 7) is 2.62. The molecule has 32 heavy (non-hydrogen) atoms. The molecule has 2 aliphatic heterocycles. The van der Waals surface area contributed by atoms with Crippen molar-refractivity contribution in [3.8, 4) is 11.5 Å². The first-order valence-electron chi connectivity index (χ1n) is 10.1. The Morgan fingerprint density at radius 3 is 1.22 bits per heavy atom. The first-order valence-corrected chi connectivity index (χ1v) is 10.1. The molecule has 4 N–H and O–H groups in total. The zero-order chi connectivity index (χ0) is 22.6. The molecule has 0 radical (unpaired) electrons. The lowest BCUT2D eigenvalue weighted by Gasteiger charge is -2.19. The van der Waals surface area contributed by atoms with Crippen LogP contribution in [0.5, 0.6) is 11.5 Å². The molecule has 0 bridgehead atoms. The Labute approximate surface area is 183 Å². The van der Waals surface area contributed by atoms with Crippen molar-refractivity contribution in [1.29, 1.82) is 0 Å². The highest BCUT2D eigenvalue weighted by Gasteiger charge is 2.27. The molecule has 0 atom stereocenters. The average Bonchev–Trinajstić information content (AvgIpc) is 3.34. The lowest BCUT2D eigenvalue weighted by molar-refractivity contribution is 0.0682. The lowest BCUT2D eigenvalue weighted by atomic mass is 10.0. The minimum Gasteiger partial charge on any atom is -0.507 e. The van der Waals surface area contributed by atoms with Gasteiger partial charge >= 0.3 is 11.9 Å². The molecule has 0 aliphatic carbocycles. The maximum Gasteiger partial charge on any atom is 0.339 e. The van der Waals surface area contributed by atoms with Crippen molar-refractivity contribution in [3.05, 3.63) is 81.9 Å². The Kier molecular flexibility index (Phi) is 4.44. The summed E-state index contributed by atoms with van der Waals surface area (Å²) in [6, 6.07) is 13.5. The molecule has 2 aliphatic rings. The fourth-order valence-corrected chi connectivity index (χ4v) is 4.47. The van der Waals surface area contributed by atoms with Crippen molar-refractivity contribution in [3.63, 3.8) is 0 Å². The molecule has 2 heterocycles. The Morgan fingerprint density at radius 1 is 0.594 bits per heavy atom. The standard InChI is InChI=1S/C24H20N2O6/c27-21-7-17(1-3-19(21)23(29)30)25-9-13-5-15-11-26(12-16(15)6-14(13)10-25)18-2-4-20(24(31)32)22(28)8-18/h1-8,27-28H,9-12H2,(H,29,30)(H,31,32). The number of anilines is 2. The van der Waals surface area contributed by atoms with Crippen LogP contribution in [0.25, 0.3) is 0 Å². The second-order valence-electron chi connectivity index (χ2n) is 8.11. The van der Waals surface area contributed by atoms with Crippen LogP contribution >= 0.6 is 0 Å². The second-order valence-corrected chi connectivity index (χ2v) is 8.11. The van der Waals surface area contributed by atoms with E-state index >= 15 is 0 Å². The van der Waals surface area contributed by atoms with Crippen LogP contribution < -0.4 is 9.80 Å². The minimum atomic E-state index is -1.16. The number of carbonyl (C=O) groups is 2. The highest BCUT2D eigenvalue weighted by atomic mass is 16.4. The highest BCUT2D eigenvalue weighted by Crippen LogP contribution is 2.37. The smallest absolute Gasteiger partial charge is 0.339 e. The van der Waals surface area contributed by atoms with Crippen molar-refractivity contribution in [1.82, 2.24) is 0 Å². The number of benzene rings is 3. The molecule has 3 aromatic rings. The van der Waals surface area contributed by atoms with Gasteiger partial charge in [-0.25, -0.2) is 9.59 Å². The Morgan fingerprint density at radius 2 is 0.938 bits per heavy atom. The molecule has 0 aromatic heterocycles. The van der Waals surface area contributed by atoms with Gasteiger partial charge < -0.3 is 30.2 Å². The maximum atomic E-state index is 11.1. The van der Waals surface area contributed by atoms with Gasteiger partial charge in [-0.1, -0.05) is 12.1 Å². The molecule has 162 valence electrons. The largest absolute Gasteiger partial charge is 0.507 e. The maximum absolute atomic E-state index is 11.1. The van der Waals surface area contributed by atoms with Crippen LogP contribution in [0, 0.1) is 0 Å². The van der Waals surface area contributed by atoms with E-state index in [0.717, 1.165) is 11.4 Å². The number of fused-ring (bicyclic) bond motifs is 2. The van der Waals surface area contributed by atoms with Gasteiger partial charge in [-0.2, -0.15) is 0 Å². The molecule has 8 nitrogen and oxygen atoms in total. The van der Waals surface area contributed by atoms with Crippen LogP contribution in [-0.2, 0) is 26.2 Å². The summed E-state index contributed by atoms with van der Waals surface area (Å²) in [5.41, 5.74) is 6.00. The summed E-state index contributed by atoms with van der Waals surface area (Å²) in [5.74, 6) is -2.82. The third kappa shape index (κ3) is 3.26. The predicted octanol–water partition coefficient (Wildman–Crippen LogP) is 3.53. The van der Waals surface area contributed by atoms with E-state index < -0.39 is 11.9 Å². The van der Waals surface area contributed by atoms with Gasteiger partial charge in [0.2, 0.25) is 0 Å². The number of hydrogen-bond donors (Lipinski definition) is 4. The zero-order valence-electron chi connectivity index (χ0n) is 16.9. The first-order chi connectivity index (χ1) is 15.3. The van der Waals surface area contributed by atoms with Gasteiger partial charge in [-0.05, 0) is 46.5 Å². The number of carboxylic acids is 2. The summed E-state index contributed by atoms with van der Waals surface area (Å²) >= 11 is 0. The van der Waals surface area contributed by atoms with E-state index in [4.69, 9.17) is 10.2 Å². The molecule has 0 fully saturated rings. The Balaban J connectivity index is 1.35. The molecular weight excluding hydrogens is 412 g/mol. The van der Waals surface area contributed by atoms with Gasteiger partial charge in [0.05, 0.1) is 0 Å². The number of carboxylic acid groups (broad SMARTS) is 2. The van der Waals surface area contributed by atoms with Crippen LogP contribution in [0.4, 0.5) is 11.4 Å². The van der Waals surface area contributed by atoms with Gasteiger partial charge in [0, 0.05) is 49.7 Å². The Bertz CT molecular complexity index is 1160. The fourth-order valence-electron chi connectivity index (χ4n) is 4.47. The number of phenols is 2. The van der Waals surface area contributed by atoms with Crippen LogP contribution in [0.15, 0.2) is 48.5 Å². The molecule has 8 heteroatoms. The fraction of sp³-hybridized carbons (Fsp3) is 0.167. The summed E-state index contributed by atoms with van der Waals surface area (Å²) in [6.07, 6.45) is 0. The quantitative estimate of drug-likeness (QED) is 0.494. The van der Waals surface area contributed by atoms with Crippen LogP contribution in [0.2, 0.25) is 0 Å². The van der Waals surface area contributed by atoms with E-state index in [1.807, 2.05) is 0 Å². The summed E-state index contributed by atoms with van der Waals surface area (Å²) < 4.78 is 0. The van der Waals surface area contributed by atoms with E-state index in [-0.39, 0.29) is 22.6 Å². The third-order valence-corrected chi connectivity index (χ3v) is 6.12. The van der Waals surface area contributed by atoms with E-state index in [9.17, 15) is 19.8 Å². The average molecular weight is 432 g/mol. The van der Waals surface area contributed by atoms with Gasteiger partial charge in [-0.15, -0.1) is 0 Å². The third-order valence-electron chi connectivity index (χ3n) is 6.12. The van der Waals surface area contributed by atoms with Crippen molar-refractivity contribution in [2.24, 2.45) is 0 Å². The van der Waals surface area contributed by atoms with E-state index in [0.29, 0.717) is 26.2 Å². The molecular formula is C24H20N2O6.